The van der Waals surface area contributed by atoms with Crippen molar-refractivity contribution in [3.05, 3.63) is 11.4 Å². The molecule has 114 valence electrons. The van der Waals surface area contributed by atoms with Gasteiger partial charge < -0.3 is 15.5 Å². The van der Waals surface area contributed by atoms with Crippen LogP contribution in [0.15, 0.2) is 0 Å². The number of nitrogens with zero attached hydrogens (tertiary/aromatic N) is 3. The number of hydrogen-bond donors (Lipinski definition) is 2. The topological polar surface area (TPSA) is 53.1 Å². The Bertz CT molecular complexity index is 415. The first kappa shape index (κ1) is 16.7. The Morgan fingerprint density at radius 2 is 1.75 bits per heavy atom. The molecule has 1 aromatic heterocycles. The first-order valence-corrected chi connectivity index (χ1v) is 7.40. The second-order valence-electron chi connectivity index (χ2n) is 5.75. The van der Waals surface area contributed by atoms with Crippen LogP contribution in [-0.2, 0) is 0 Å². The smallest absolute Gasteiger partial charge is 0.135 e. The van der Waals surface area contributed by atoms with Gasteiger partial charge in [0.25, 0.3) is 0 Å². The van der Waals surface area contributed by atoms with Crippen molar-refractivity contribution in [3.8, 4) is 0 Å². The molecule has 0 bridgehead atoms. The standard InChI is InChI=1S/C15H29N5/c1-11(2)13-18-14(16-4)12(3)15(19-13)17-9-7-8-10-20(5)6/h11H,7-10H2,1-6H3,(H2,16,17,18,19). The van der Waals surface area contributed by atoms with Gasteiger partial charge in [0.15, 0.2) is 0 Å². The quantitative estimate of drug-likeness (QED) is 0.717. The van der Waals surface area contributed by atoms with Crippen LogP contribution in [0.4, 0.5) is 11.6 Å². The molecule has 0 fully saturated rings. The highest BCUT2D eigenvalue weighted by molar-refractivity contribution is 5.57. The van der Waals surface area contributed by atoms with Crippen LogP contribution in [0.5, 0.6) is 0 Å². The summed E-state index contributed by atoms with van der Waals surface area (Å²) in [5.74, 6) is 3.09. The maximum absolute atomic E-state index is 4.64. The normalized spacial score (nSPS) is 11.2. The van der Waals surface area contributed by atoms with Crippen molar-refractivity contribution in [1.82, 2.24) is 14.9 Å². The van der Waals surface area contributed by atoms with E-state index in [1.54, 1.807) is 0 Å². The van der Waals surface area contributed by atoms with Gasteiger partial charge in [0, 0.05) is 25.1 Å². The molecule has 2 N–H and O–H groups in total. The zero-order chi connectivity index (χ0) is 15.1. The zero-order valence-corrected chi connectivity index (χ0v) is 13.7. The van der Waals surface area contributed by atoms with Gasteiger partial charge in [-0.15, -0.1) is 0 Å². The van der Waals surface area contributed by atoms with Gasteiger partial charge >= 0.3 is 0 Å². The van der Waals surface area contributed by atoms with Gasteiger partial charge in [-0.2, -0.15) is 0 Å². The summed E-state index contributed by atoms with van der Waals surface area (Å²) in [5.41, 5.74) is 1.09. The van der Waals surface area contributed by atoms with Gasteiger partial charge in [0.2, 0.25) is 0 Å². The zero-order valence-electron chi connectivity index (χ0n) is 13.7. The molecule has 0 aliphatic rings. The van der Waals surface area contributed by atoms with Crippen LogP contribution < -0.4 is 10.6 Å². The van der Waals surface area contributed by atoms with E-state index in [0.717, 1.165) is 42.5 Å². The SMILES string of the molecule is CNc1nc(C(C)C)nc(NCCCCN(C)C)c1C. The highest BCUT2D eigenvalue weighted by Crippen LogP contribution is 2.22. The molecule has 0 amide bonds. The largest absolute Gasteiger partial charge is 0.373 e. The number of anilines is 2. The molecule has 1 heterocycles. The van der Waals surface area contributed by atoms with Crippen LogP contribution in [-0.4, -0.2) is 49.1 Å². The summed E-state index contributed by atoms with van der Waals surface area (Å²) < 4.78 is 0. The van der Waals surface area contributed by atoms with Gasteiger partial charge in [-0.3, -0.25) is 0 Å². The lowest BCUT2D eigenvalue weighted by Crippen LogP contribution is -2.15. The summed E-state index contributed by atoms with van der Waals surface area (Å²) in [6, 6.07) is 0. The molecular formula is C15H29N5. The van der Waals surface area contributed by atoms with E-state index in [2.05, 4.69) is 60.4 Å². The minimum atomic E-state index is 0.331. The molecule has 0 aliphatic heterocycles. The Hall–Kier alpha value is -1.36. The van der Waals surface area contributed by atoms with Crippen molar-refractivity contribution in [2.45, 2.75) is 39.5 Å². The van der Waals surface area contributed by atoms with Crippen molar-refractivity contribution in [2.24, 2.45) is 0 Å². The van der Waals surface area contributed by atoms with E-state index < -0.39 is 0 Å². The van der Waals surface area contributed by atoms with Crippen LogP contribution in [0.2, 0.25) is 0 Å². The van der Waals surface area contributed by atoms with Crippen molar-refractivity contribution in [1.29, 1.82) is 0 Å². The molecule has 0 saturated heterocycles. The molecule has 5 heteroatoms. The van der Waals surface area contributed by atoms with Crippen LogP contribution >= 0.6 is 0 Å². The lowest BCUT2D eigenvalue weighted by atomic mass is 10.2. The summed E-state index contributed by atoms with van der Waals surface area (Å²) in [5, 5.41) is 6.60. The maximum Gasteiger partial charge on any atom is 0.135 e. The van der Waals surface area contributed by atoms with E-state index in [1.165, 1.54) is 6.42 Å². The van der Waals surface area contributed by atoms with Crippen LogP contribution in [0, 0.1) is 6.92 Å². The number of aromatic nitrogens is 2. The third kappa shape index (κ3) is 4.96. The molecular weight excluding hydrogens is 250 g/mol. The van der Waals surface area contributed by atoms with Gasteiger partial charge in [0.05, 0.1) is 0 Å². The third-order valence-electron chi connectivity index (χ3n) is 3.24. The van der Waals surface area contributed by atoms with E-state index in [9.17, 15) is 0 Å². The molecule has 0 atom stereocenters. The first-order valence-electron chi connectivity index (χ1n) is 7.40. The minimum Gasteiger partial charge on any atom is -0.373 e. The molecule has 1 rings (SSSR count). The number of unbranched alkanes of at least 4 members (excludes halogenated alkanes) is 1. The lowest BCUT2D eigenvalue weighted by molar-refractivity contribution is 0.396. The van der Waals surface area contributed by atoms with Gasteiger partial charge in [-0.05, 0) is 40.4 Å². The summed E-state index contributed by atoms with van der Waals surface area (Å²) in [6.07, 6.45) is 2.34. The predicted octanol–water partition coefficient (Wildman–Crippen LogP) is 2.70. The first-order chi connectivity index (χ1) is 9.45. The van der Waals surface area contributed by atoms with Gasteiger partial charge in [-0.1, -0.05) is 13.8 Å². The average Bonchev–Trinajstić information content (AvgIpc) is 2.39. The summed E-state index contributed by atoms with van der Waals surface area (Å²) in [6.45, 7) is 8.36. The fourth-order valence-electron chi connectivity index (χ4n) is 1.97. The van der Waals surface area contributed by atoms with E-state index in [4.69, 9.17) is 0 Å². The highest BCUT2D eigenvalue weighted by Gasteiger charge is 2.11. The molecule has 0 saturated carbocycles. The Labute approximate surface area is 123 Å². The minimum absolute atomic E-state index is 0.331. The highest BCUT2D eigenvalue weighted by atomic mass is 15.1. The molecule has 0 unspecified atom stereocenters. The molecule has 0 aliphatic carbocycles. The Balaban J connectivity index is 2.66. The Kier molecular flexibility index (Phi) is 6.71. The van der Waals surface area contributed by atoms with Gasteiger partial charge in [0.1, 0.15) is 17.5 Å². The van der Waals surface area contributed by atoms with Crippen molar-refractivity contribution >= 4 is 11.6 Å². The second-order valence-corrected chi connectivity index (χ2v) is 5.75. The number of rotatable bonds is 8. The molecule has 1 aromatic rings. The monoisotopic (exact) mass is 279 g/mol. The molecule has 0 spiro atoms. The Morgan fingerprint density at radius 3 is 2.30 bits per heavy atom. The van der Waals surface area contributed by atoms with Crippen molar-refractivity contribution in [3.63, 3.8) is 0 Å². The molecule has 0 aromatic carbocycles. The Morgan fingerprint density at radius 1 is 1.10 bits per heavy atom. The summed E-state index contributed by atoms with van der Waals surface area (Å²) in [4.78, 5) is 11.4. The van der Waals surface area contributed by atoms with E-state index in [0.29, 0.717) is 5.92 Å². The summed E-state index contributed by atoms with van der Waals surface area (Å²) in [7, 11) is 6.12. The van der Waals surface area contributed by atoms with E-state index in [-0.39, 0.29) is 0 Å². The van der Waals surface area contributed by atoms with Crippen LogP contribution in [0.25, 0.3) is 0 Å². The fourth-order valence-corrected chi connectivity index (χ4v) is 1.97. The maximum atomic E-state index is 4.64. The average molecular weight is 279 g/mol. The summed E-state index contributed by atoms with van der Waals surface area (Å²) >= 11 is 0. The van der Waals surface area contributed by atoms with Crippen molar-refractivity contribution in [2.75, 3.05) is 44.9 Å². The van der Waals surface area contributed by atoms with Crippen molar-refractivity contribution < 1.29 is 0 Å². The molecule has 5 nitrogen and oxygen atoms in total. The number of hydrogen-bond acceptors (Lipinski definition) is 5. The van der Waals surface area contributed by atoms with Gasteiger partial charge in [-0.25, -0.2) is 9.97 Å². The lowest BCUT2D eigenvalue weighted by Gasteiger charge is -2.15. The third-order valence-corrected chi connectivity index (χ3v) is 3.24. The van der Waals surface area contributed by atoms with Crippen LogP contribution in [0.3, 0.4) is 0 Å². The van der Waals surface area contributed by atoms with E-state index >= 15 is 0 Å². The second kappa shape index (κ2) is 8.04. The molecule has 20 heavy (non-hydrogen) atoms. The fraction of sp³-hybridized carbons (Fsp3) is 0.733. The van der Waals surface area contributed by atoms with E-state index in [1.807, 2.05) is 7.05 Å². The predicted molar refractivity (Wildman–Crippen MR) is 86.7 cm³/mol. The van der Waals surface area contributed by atoms with Crippen LogP contribution in [0.1, 0.15) is 44.0 Å². The number of nitrogens with one attached hydrogen (secondary N) is 2. The molecule has 0 radical (unpaired) electrons.